The Morgan fingerprint density at radius 2 is 2.00 bits per heavy atom. The van der Waals surface area contributed by atoms with Crippen LogP contribution in [0.1, 0.15) is 32.0 Å². The van der Waals surface area contributed by atoms with Crippen LogP contribution in [0.2, 0.25) is 0 Å². The van der Waals surface area contributed by atoms with E-state index in [0.29, 0.717) is 15.6 Å². The third kappa shape index (κ3) is 3.62. The number of pyridine rings is 1. The van der Waals surface area contributed by atoms with Crippen molar-refractivity contribution in [1.29, 1.82) is 0 Å². The molecule has 3 rings (SSSR count). The van der Waals surface area contributed by atoms with Gasteiger partial charge in [-0.25, -0.2) is 9.78 Å². The van der Waals surface area contributed by atoms with Crippen LogP contribution in [-0.4, -0.2) is 29.0 Å². The van der Waals surface area contributed by atoms with Crippen molar-refractivity contribution in [2.24, 2.45) is 0 Å². The zero-order valence-electron chi connectivity index (χ0n) is 14.6. The fourth-order valence-electron chi connectivity index (χ4n) is 2.48. The molecule has 0 aliphatic carbocycles. The molecule has 1 amide bonds. The number of carbonyl (C=O) groups excluding carboxylic acids is 2. The fraction of sp³-hybridized carbons (Fsp3) is 0.158. The molecule has 0 spiro atoms. The molecular formula is C19H17N3O3S. The summed E-state index contributed by atoms with van der Waals surface area (Å²) in [5.41, 5.74) is 3.36. The van der Waals surface area contributed by atoms with Gasteiger partial charge in [0, 0.05) is 18.0 Å². The number of thiazole rings is 1. The summed E-state index contributed by atoms with van der Waals surface area (Å²) in [6, 6.07) is 9.37. The molecule has 2 aromatic heterocycles. The van der Waals surface area contributed by atoms with Gasteiger partial charge in [0.1, 0.15) is 0 Å². The highest BCUT2D eigenvalue weighted by atomic mass is 32.1. The van der Waals surface area contributed by atoms with E-state index in [2.05, 4.69) is 15.3 Å². The smallest absolute Gasteiger partial charge is 0.358 e. The first kappa shape index (κ1) is 17.8. The Bertz CT molecular complexity index is 982. The average Bonchev–Trinajstić information content (AvgIpc) is 3.05. The number of hydrogen-bond donors (Lipinski definition) is 1. The molecule has 0 unspecified atom stereocenters. The summed E-state index contributed by atoms with van der Waals surface area (Å²) in [5, 5.41) is 3.09. The van der Waals surface area contributed by atoms with E-state index >= 15 is 0 Å². The van der Waals surface area contributed by atoms with Crippen LogP contribution in [0, 0.1) is 13.8 Å². The SMILES string of the molecule is COC(=O)c1nc(NC(=O)c2ccncc2C)sc1-c1cccc(C)c1. The van der Waals surface area contributed by atoms with Gasteiger partial charge in [0.2, 0.25) is 0 Å². The van der Waals surface area contributed by atoms with E-state index in [0.717, 1.165) is 16.7 Å². The Labute approximate surface area is 154 Å². The maximum Gasteiger partial charge on any atom is 0.358 e. The summed E-state index contributed by atoms with van der Waals surface area (Å²) in [4.78, 5) is 33.5. The lowest BCUT2D eigenvalue weighted by molar-refractivity contribution is 0.0595. The highest BCUT2D eigenvalue weighted by Gasteiger charge is 2.22. The Morgan fingerprint density at radius 3 is 2.69 bits per heavy atom. The van der Waals surface area contributed by atoms with Gasteiger partial charge in [-0.1, -0.05) is 41.2 Å². The minimum atomic E-state index is -0.543. The minimum absolute atomic E-state index is 0.185. The van der Waals surface area contributed by atoms with Crippen LogP contribution in [-0.2, 0) is 4.74 Å². The summed E-state index contributed by atoms with van der Waals surface area (Å²) in [6.45, 7) is 3.78. The number of rotatable bonds is 4. The second kappa shape index (κ2) is 7.45. The molecule has 7 heteroatoms. The number of ether oxygens (including phenoxy) is 1. The van der Waals surface area contributed by atoms with Crippen molar-refractivity contribution in [3.8, 4) is 10.4 Å². The van der Waals surface area contributed by atoms with Gasteiger partial charge in [-0.3, -0.25) is 15.1 Å². The number of anilines is 1. The summed E-state index contributed by atoms with van der Waals surface area (Å²) in [6.07, 6.45) is 3.18. The Kier molecular flexibility index (Phi) is 5.09. The number of aryl methyl sites for hydroxylation is 2. The predicted molar refractivity (Wildman–Crippen MR) is 101 cm³/mol. The minimum Gasteiger partial charge on any atom is -0.464 e. The first-order chi connectivity index (χ1) is 12.5. The third-order valence-corrected chi connectivity index (χ3v) is 4.79. The summed E-state index contributed by atoms with van der Waals surface area (Å²) in [5.74, 6) is -0.843. The molecule has 3 aromatic rings. The lowest BCUT2D eigenvalue weighted by Gasteiger charge is -2.04. The molecule has 0 bridgehead atoms. The summed E-state index contributed by atoms with van der Waals surface area (Å²) in [7, 11) is 1.31. The largest absolute Gasteiger partial charge is 0.464 e. The zero-order chi connectivity index (χ0) is 18.7. The number of nitrogens with one attached hydrogen (secondary N) is 1. The molecule has 2 heterocycles. The molecule has 0 atom stereocenters. The number of benzene rings is 1. The quantitative estimate of drug-likeness (QED) is 0.708. The van der Waals surface area contributed by atoms with Crippen molar-refractivity contribution in [2.45, 2.75) is 13.8 Å². The Balaban J connectivity index is 1.98. The second-order valence-corrected chi connectivity index (χ2v) is 6.70. The number of amides is 1. The number of carbonyl (C=O) groups is 2. The molecule has 0 fully saturated rings. The van der Waals surface area contributed by atoms with Gasteiger partial charge in [0.15, 0.2) is 10.8 Å². The van der Waals surface area contributed by atoms with Gasteiger partial charge in [-0.05, 0) is 31.0 Å². The van der Waals surface area contributed by atoms with Crippen LogP contribution in [0.4, 0.5) is 5.13 Å². The van der Waals surface area contributed by atoms with Gasteiger partial charge >= 0.3 is 5.97 Å². The average molecular weight is 367 g/mol. The van der Waals surface area contributed by atoms with Crippen molar-refractivity contribution in [3.63, 3.8) is 0 Å². The van der Waals surface area contributed by atoms with Crippen LogP contribution < -0.4 is 5.32 Å². The molecule has 0 saturated heterocycles. The van der Waals surface area contributed by atoms with E-state index in [9.17, 15) is 9.59 Å². The maximum absolute atomic E-state index is 12.5. The Hall–Kier alpha value is -3.06. The van der Waals surface area contributed by atoms with Crippen LogP contribution >= 0.6 is 11.3 Å². The van der Waals surface area contributed by atoms with Crippen LogP contribution in [0.15, 0.2) is 42.7 Å². The lowest BCUT2D eigenvalue weighted by Crippen LogP contribution is -2.13. The molecule has 1 aromatic carbocycles. The van der Waals surface area contributed by atoms with Gasteiger partial charge in [-0.15, -0.1) is 0 Å². The highest BCUT2D eigenvalue weighted by molar-refractivity contribution is 7.19. The second-order valence-electron chi connectivity index (χ2n) is 5.70. The van der Waals surface area contributed by atoms with Crippen molar-refractivity contribution >= 4 is 28.3 Å². The van der Waals surface area contributed by atoms with E-state index in [-0.39, 0.29) is 11.6 Å². The number of aromatic nitrogens is 2. The molecule has 0 aliphatic rings. The number of methoxy groups -OCH3 is 1. The third-order valence-electron chi connectivity index (χ3n) is 3.77. The molecule has 0 saturated carbocycles. The van der Waals surface area contributed by atoms with Crippen molar-refractivity contribution < 1.29 is 14.3 Å². The lowest BCUT2D eigenvalue weighted by atomic mass is 10.1. The van der Waals surface area contributed by atoms with E-state index in [1.54, 1.807) is 18.5 Å². The van der Waals surface area contributed by atoms with Crippen LogP contribution in [0.25, 0.3) is 10.4 Å². The van der Waals surface area contributed by atoms with E-state index in [1.807, 2.05) is 38.1 Å². The fourth-order valence-corrected chi connectivity index (χ4v) is 3.43. The first-order valence-electron chi connectivity index (χ1n) is 7.87. The molecule has 26 heavy (non-hydrogen) atoms. The molecular weight excluding hydrogens is 350 g/mol. The molecule has 0 radical (unpaired) electrons. The molecule has 6 nitrogen and oxygen atoms in total. The van der Waals surface area contributed by atoms with Crippen LogP contribution in [0.3, 0.4) is 0 Å². The van der Waals surface area contributed by atoms with Crippen molar-refractivity contribution in [3.05, 3.63) is 65.1 Å². The summed E-state index contributed by atoms with van der Waals surface area (Å²) >= 11 is 1.23. The van der Waals surface area contributed by atoms with Gasteiger partial charge < -0.3 is 4.74 Å². The monoisotopic (exact) mass is 367 g/mol. The number of hydrogen-bond acceptors (Lipinski definition) is 6. The zero-order valence-corrected chi connectivity index (χ0v) is 15.4. The van der Waals surface area contributed by atoms with Gasteiger partial charge in [0.05, 0.1) is 12.0 Å². The summed E-state index contributed by atoms with van der Waals surface area (Å²) < 4.78 is 4.83. The van der Waals surface area contributed by atoms with Crippen molar-refractivity contribution in [2.75, 3.05) is 12.4 Å². The topological polar surface area (TPSA) is 81.2 Å². The number of nitrogens with zero attached hydrogens (tertiary/aromatic N) is 2. The highest BCUT2D eigenvalue weighted by Crippen LogP contribution is 2.34. The normalized spacial score (nSPS) is 10.4. The molecule has 1 N–H and O–H groups in total. The van der Waals surface area contributed by atoms with E-state index in [4.69, 9.17) is 4.74 Å². The predicted octanol–water partition coefficient (Wildman–Crippen LogP) is 3.86. The van der Waals surface area contributed by atoms with Crippen molar-refractivity contribution in [1.82, 2.24) is 9.97 Å². The maximum atomic E-state index is 12.5. The molecule has 132 valence electrons. The van der Waals surface area contributed by atoms with E-state index in [1.165, 1.54) is 18.4 Å². The first-order valence-corrected chi connectivity index (χ1v) is 8.69. The van der Waals surface area contributed by atoms with Gasteiger partial charge in [-0.2, -0.15) is 0 Å². The number of esters is 1. The van der Waals surface area contributed by atoms with Gasteiger partial charge in [0.25, 0.3) is 5.91 Å². The Morgan fingerprint density at radius 1 is 1.19 bits per heavy atom. The molecule has 0 aliphatic heterocycles. The van der Waals surface area contributed by atoms with E-state index < -0.39 is 5.97 Å². The van der Waals surface area contributed by atoms with Crippen LogP contribution in [0.5, 0.6) is 0 Å². The standard InChI is InChI=1S/C19H17N3O3S/c1-11-5-4-6-13(9-11)16-15(18(24)25-3)21-19(26-16)22-17(23)14-7-8-20-10-12(14)2/h4-10H,1-3H3,(H,21,22,23).